The van der Waals surface area contributed by atoms with Gasteiger partial charge >= 0.3 is 0 Å². The number of hydrogen-bond acceptors (Lipinski definition) is 4. The van der Waals surface area contributed by atoms with Crippen LogP contribution in [0.5, 0.6) is 5.75 Å². The third-order valence-electron chi connectivity index (χ3n) is 1.78. The molecule has 0 unspecified atom stereocenters. The van der Waals surface area contributed by atoms with Gasteiger partial charge in [0.15, 0.2) is 0 Å². The first kappa shape index (κ1) is 7.67. The van der Waals surface area contributed by atoms with E-state index in [0.717, 1.165) is 0 Å². The Morgan fingerprint density at radius 1 is 1.38 bits per heavy atom. The van der Waals surface area contributed by atoms with Crippen LogP contribution in [0.25, 0.3) is 11.0 Å². The molecule has 0 bridgehead atoms. The van der Waals surface area contributed by atoms with Crippen molar-refractivity contribution in [3.05, 3.63) is 34.7 Å². The summed E-state index contributed by atoms with van der Waals surface area (Å²) in [5.41, 5.74) is 5.48. The van der Waals surface area contributed by atoms with Crippen LogP contribution >= 0.6 is 0 Å². The Hall–Kier alpha value is -1.97. The number of hydrogen-bond donors (Lipinski definition) is 2. The normalized spacial score (nSPS) is 10.5. The van der Waals surface area contributed by atoms with Crippen LogP contribution in [0.3, 0.4) is 0 Å². The molecule has 2 rings (SSSR count). The zero-order valence-corrected chi connectivity index (χ0v) is 6.65. The molecular weight excluding hydrogens is 170 g/mol. The lowest BCUT2D eigenvalue weighted by Gasteiger charge is -1.97. The summed E-state index contributed by atoms with van der Waals surface area (Å²) >= 11 is 0. The van der Waals surface area contributed by atoms with Gasteiger partial charge in [-0.25, -0.2) is 0 Å². The molecule has 0 saturated carbocycles. The van der Waals surface area contributed by atoms with E-state index in [4.69, 9.17) is 15.3 Å². The lowest BCUT2D eigenvalue weighted by Crippen LogP contribution is -2.06. The van der Waals surface area contributed by atoms with E-state index in [-0.39, 0.29) is 16.9 Å². The number of anilines is 1. The van der Waals surface area contributed by atoms with Gasteiger partial charge in [0.25, 0.3) is 0 Å². The molecule has 0 aliphatic heterocycles. The number of phenolic OH excluding ortho intramolecular Hbond substituents is 1. The third-order valence-corrected chi connectivity index (χ3v) is 1.78. The Kier molecular flexibility index (Phi) is 1.48. The second-order valence-electron chi connectivity index (χ2n) is 2.70. The number of phenols is 1. The van der Waals surface area contributed by atoms with Crippen molar-refractivity contribution in [2.45, 2.75) is 0 Å². The van der Waals surface area contributed by atoms with Crippen LogP contribution in [0.15, 0.2) is 33.7 Å². The summed E-state index contributed by atoms with van der Waals surface area (Å²) in [4.78, 5) is 11.4. The Bertz CT molecular complexity index is 516. The summed E-state index contributed by atoms with van der Waals surface area (Å²) < 4.78 is 5.02. The largest absolute Gasteiger partial charge is 0.508 e. The number of aromatic hydroxyl groups is 1. The maximum absolute atomic E-state index is 11.4. The molecule has 0 amide bonds. The van der Waals surface area contributed by atoms with E-state index in [1.54, 1.807) is 0 Å². The predicted molar refractivity (Wildman–Crippen MR) is 48.6 cm³/mol. The molecule has 1 aromatic heterocycles. The van der Waals surface area contributed by atoms with E-state index >= 15 is 0 Å². The SMILES string of the molecule is Nc1coc2cc(O)ccc2c1=O. The molecule has 0 spiro atoms. The molecule has 1 aromatic carbocycles. The van der Waals surface area contributed by atoms with Gasteiger partial charge in [-0.2, -0.15) is 0 Å². The van der Waals surface area contributed by atoms with Gasteiger partial charge in [0.2, 0.25) is 5.43 Å². The molecule has 0 aliphatic carbocycles. The smallest absolute Gasteiger partial charge is 0.215 e. The van der Waals surface area contributed by atoms with Crippen LogP contribution in [-0.2, 0) is 0 Å². The number of nitrogen functional groups attached to an aromatic ring is 1. The van der Waals surface area contributed by atoms with Gasteiger partial charge in [-0.1, -0.05) is 0 Å². The molecule has 0 radical (unpaired) electrons. The number of rotatable bonds is 0. The molecule has 0 saturated heterocycles. The molecule has 66 valence electrons. The highest BCUT2D eigenvalue weighted by atomic mass is 16.3. The van der Waals surface area contributed by atoms with Crippen molar-refractivity contribution < 1.29 is 9.52 Å². The maximum atomic E-state index is 11.4. The molecule has 0 fully saturated rings. The van der Waals surface area contributed by atoms with Gasteiger partial charge in [0.05, 0.1) is 5.39 Å². The van der Waals surface area contributed by atoms with Gasteiger partial charge in [-0.05, 0) is 12.1 Å². The topological polar surface area (TPSA) is 76.5 Å². The molecule has 4 nitrogen and oxygen atoms in total. The maximum Gasteiger partial charge on any atom is 0.215 e. The second-order valence-corrected chi connectivity index (χ2v) is 2.70. The second kappa shape index (κ2) is 2.52. The van der Waals surface area contributed by atoms with Gasteiger partial charge in [0.1, 0.15) is 23.3 Å². The van der Waals surface area contributed by atoms with Crippen LogP contribution in [-0.4, -0.2) is 5.11 Å². The number of nitrogens with two attached hydrogens (primary N) is 1. The minimum Gasteiger partial charge on any atom is -0.508 e. The van der Waals surface area contributed by atoms with E-state index in [9.17, 15) is 4.79 Å². The first-order chi connectivity index (χ1) is 6.18. The predicted octanol–water partition coefficient (Wildman–Crippen LogP) is 1.08. The van der Waals surface area contributed by atoms with Crippen molar-refractivity contribution in [3.8, 4) is 5.75 Å². The minimum atomic E-state index is -0.277. The van der Waals surface area contributed by atoms with Crippen LogP contribution in [0.1, 0.15) is 0 Å². The molecule has 2 aromatic rings. The first-order valence-electron chi connectivity index (χ1n) is 3.68. The molecule has 3 N–H and O–H groups in total. The van der Waals surface area contributed by atoms with Gasteiger partial charge < -0.3 is 15.3 Å². The quantitative estimate of drug-likeness (QED) is 0.631. The molecule has 1 heterocycles. The van der Waals surface area contributed by atoms with Crippen LogP contribution in [0, 0.1) is 0 Å². The highest BCUT2D eigenvalue weighted by Gasteiger charge is 2.03. The highest BCUT2D eigenvalue weighted by Crippen LogP contribution is 2.17. The van der Waals surface area contributed by atoms with E-state index < -0.39 is 0 Å². The average molecular weight is 177 g/mol. The molecular formula is C9H7NO3. The summed E-state index contributed by atoms with van der Waals surface area (Å²) in [6, 6.07) is 4.27. The van der Waals surface area contributed by atoms with E-state index in [2.05, 4.69) is 0 Å². The number of fused-ring (bicyclic) bond motifs is 1. The van der Waals surface area contributed by atoms with Crippen LogP contribution in [0.4, 0.5) is 5.69 Å². The van der Waals surface area contributed by atoms with E-state index in [1.807, 2.05) is 0 Å². The Labute approximate surface area is 73.2 Å². The summed E-state index contributed by atoms with van der Waals surface area (Å²) in [6.07, 6.45) is 1.17. The summed E-state index contributed by atoms with van der Waals surface area (Å²) in [7, 11) is 0. The van der Waals surface area contributed by atoms with E-state index in [1.165, 1.54) is 24.5 Å². The van der Waals surface area contributed by atoms with Crippen molar-refractivity contribution in [2.24, 2.45) is 0 Å². The standard InChI is InChI=1S/C9H7NO3/c10-7-4-13-8-3-5(11)1-2-6(8)9(7)12/h1-4,11H,10H2. The zero-order valence-electron chi connectivity index (χ0n) is 6.65. The van der Waals surface area contributed by atoms with Gasteiger partial charge in [0, 0.05) is 6.07 Å². The Balaban J connectivity index is 2.95. The average Bonchev–Trinajstić information content (AvgIpc) is 2.12. The lowest BCUT2D eigenvalue weighted by atomic mass is 10.2. The molecule has 0 atom stereocenters. The fourth-order valence-corrected chi connectivity index (χ4v) is 1.13. The van der Waals surface area contributed by atoms with E-state index in [0.29, 0.717) is 11.0 Å². The fourth-order valence-electron chi connectivity index (χ4n) is 1.13. The van der Waals surface area contributed by atoms with Crippen molar-refractivity contribution in [3.63, 3.8) is 0 Å². The zero-order chi connectivity index (χ0) is 9.42. The number of benzene rings is 1. The van der Waals surface area contributed by atoms with Gasteiger partial charge in [-0.15, -0.1) is 0 Å². The molecule has 4 heteroatoms. The summed E-state index contributed by atoms with van der Waals surface area (Å²) in [5, 5.41) is 9.47. The summed E-state index contributed by atoms with van der Waals surface area (Å²) in [6.45, 7) is 0. The van der Waals surface area contributed by atoms with Crippen molar-refractivity contribution in [1.82, 2.24) is 0 Å². The molecule has 0 aliphatic rings. The van der Waals surface area contributed by atoms with Crippen LogP contribution < -0.4 is 11.2 Å². The van der Waals surface area contributed by atoms with Crippen molar-refractivity contribution >= 4 is 16.7 Å². The minimum absolute atomic E-state index is 0.0559. The van der Waals surface area contributed by atoms with Crippen LogP contribution in [0.2, 0.25) is 0 Å². The third kappa shape index (κ3) is 1.12. The van der Waals surface area contributed by atoms with Crippen molar-refractivity contribution in [2.75, 3.05) is 5.73 Å². The summed E-state index contributed by atoms with van der Waals surface area (Å²) in [5.74, 6) is 0.0559. The van der Waals surface area contributed by atoms with Gasteiger partial charge in [-0.3, -0.25) is 4.79 Å². The first-order valence-corrected chi connectivity index (χ1v) is 3.68. The Morgan fingerprint density at radius 2 is 2.15 bits per heavy atom. The molecule has 13 heavy (non-hydrogen) atoms. The fraction of sp³-hybridized carbons (Fsp3) is 0. The monoisotopic (exact) mass is 177 g/mol. The van der Waals surface area contributed by atoms with Crippen molar-refractivity contribution in [1.29, 1.82) is 0 Å². The highest BCUT2D eigenvalue weighted by molar-refractivity contribution is 5.80. The lowest BCUT2D eigenvalue weighted by molar-refractivity contribution is 0.474. The Morgan fingerprint density at radius 3 is 2.92 bits per heavy atom.